The molecule has 90 valence electrons. The van der Waals surface area contributed by atoms with Gasteiger partial charge in [0.2, 0.25) is 0 Å². The van der Waals surface area contributed by atoms with Crippen molar-refractivity contribution in [2.24, 2.45) is 0 Å². The minimum atomic E-state index is 0.617. The smallest absolute Gasteiger partial charge is 0.0868 e. The van der Waals surface area contributed by atoms with E-state index in [1.54, 1.807) is 0 Å². The molecule has 0 unspecified atom stereocenters. The molecule has 0 atom stereocenters. The number of nitrogens with zero attached hydrogens (tertiary/aromatic N) is 2. The third kappa shape index (κ3) is 4.81. The Bertz CT molecular complexity index is 223. The number of rotatable bonds is 8. The van der Waals surface area contributed by atoms with Gasteiger partial charge in [-0.25, -0.2) is 0 Å². The van der Waals surface area contributed by atoms with Crippen molar-refractivity contribution in [1.29, 1.82) is 5.26 Å². The predicted molar refractivity (Wildman–Crippen MR) is 68.1 cm³/mol. The van der Waals surface area contributed by atoms with Gasteiger partial charge in [-0.15, -0.1) is 6.58 Å². The zero-order chi connectivity index (χ0) is 11.6. The molecule has 1 fully saturated rings. The van der Waals surface area contributed by atoms with Gasteiger partial charge in [0.15, 0.2) is 0 Å². The van der Waals surface area contributed by atoms with Crippen LogP contribution in [-0.4, -0.2) is 24.0 Å². The lowest BCUT2D eigenvalue weighted by molar-refractivity contribution is 0.218. The van der Waals surface area contributed by atoms with E-state index < -0.39 is 0 Å². The Labute approximate surface area is 99.9 Å². The van der Waals surface area contributed by atoms with Gasteiger partial charge in [0.25, 0.3) is 0 Å². The minimum Gasteiger partial charge on any atom is -0.288 e. The summed E-state index contributed by atoms with van der Waals surface area (Å²) in [7, 11) is 0. The molecule has 0 amide bonds. The Morgan fingerprint density at radius 2 is 2.00 bits per heavy atom. The molecule has 0 aromatic heterocycles. The van der Waals surface area contributed by atoms with E-state index in [4.69, 9.17) is 5.26 Å². The van der Waals surface area contributed by atoms with Gasteiger partial charge >= 0.3 is 0 Å². The quantitative estimate of drug-likeness (QED) is 0.355. The van der Waals surface area contributed by atoms with Crippen LogP contribution in [0.15, 0.2) is 12.7 Å². The molecule has 0 spiro atoms. The molecule has 0 aromatic rings. The van der Waals surface area contributed by atoms with Crippen LogP contribution in [0.4, 0.5) is 0 Å². The molecule has 0 saturated heterocycles. The summed E-state index contributed by atoms with van der Waals surface area (Å²) in [6, 6.07) is 3.00. The average Bonchev–Trinajstić information content (AvgIpc) is 2.81. The number of nitriles is 1. The minimum absolute atomic E-state index is 0.617. The van der Waals surface area contributed by atoms with Crippen molar-refractivity contribution < 1.29 is 0 Å². The molecule has 2 heteroatoms. The maximum atomic E-state index is 8.83. The van der Waals surface area contributed by atoms with E-state index in [1.165, 1.54) is 44.9 Å². The van der Waals surface area contributed by atoms with Crippen molar-refractivity contribution in [3.8, 4) is 6.07 Å². The SMILES string of the molecule is C=CCCCCCN(CC#N)C1CCCC1. The first-order valence-electron chi connectivity index (χ1n) is 6.60. The normalized spacial score (nSPS) is 16.5. The molecular weight excluding hydrogens is 196 g/mol. The van der Waals surface area contributed by atoms with E-state index in [-0.39, 0.29) is 0 Å². The number of hydrogen-bond donors (Lipinski definition) is 0. The van der Waals surface area contributed by atoms with Crippen molar-refractivity contribution >= 4 is 0 Å². The summed E-state index contributed by atoms with van der Waals surface area (Å²) in [5.74, 6) is 0. The lowest BCUT2D eigenvalue weighted by atomic mass is 10.1. The summed E-state index contributed by atoms with van der Waals surface area (Å²) >= 11 is 0. The van der Waals surface area contributed by atoms with Crippen molar-refractivity contribution in [3.63, 3.8) is 0 Å². The van der Waals surface area contributed by atoms with Crippen molar-refractivity contribution in [3.05, 3.63) is 12.7 Å². The fourth-order valence-electron chi connectivity index (χ4n) is 2.53. The molecule has 1 aliphatic rings. The van der Waals surface area contributed by atoms with Gasteiger partial charge < -0.3 is 0 Å². The first-order valence-corrected chi connectivity index (χ1v) is 6.60. The van der Waals surface area contributed by atoms with Crippen LogP contribution in [0, 0.1) is 11.3 Å². The van der Waals surface area contributed by atoms with E-state index >= 15 is 0 Å². The Morgan fingerprint density at radius 3 is 2.62 bits per heavy atom. The second-order valence-electron chi connectivity index (χ2n) is 4.70. The summed E-state index contributed by atoms with van der Waals surface area (Å²) < 4.78 is 0. The van der Waals surface area contributed by atoms with Gasteiger partial charge in [0.05, 0.1) is 12.6 Å². The first-order chi connectivity index (χ1) is 7.88. The summed E-state index contributed by atoms with van der Waals surface area (Å²) in [6.45, 7) is 5.46. The molecular formula is C14H24N2. The van der Waals surface area contributed by atoms with Gasteiger partial charge in [-0.3, -0.25) is 4.90 Å². The highest BCUT2D eigenvalue weighted by Crippen LogP contribution is 2.23. The summed E-state index contributed by atoms with van der Waals surface area (Å²) in [5, 5.41) is 8.83. The molecule has 0 aromatic carbocycles. The number of hydrogen-bond acceptors (Lipinski definition) is 2. The van der Waals surface area contributed by atoms with Crippen molar-refractivity contribution in [2.75, 3.05) is 13.1 Å². The zero-order valence-electron chi connectivity index (χ0n) is 10.3. The van der Waals surface area contributed by atoms with Crippen LogP contribution in [0.1, 0.15) is 51.4 Å². The monoisotopic (exact) mass is 220 g/mol. The van der Waals surface area contributed by atoms with Gasteiger partial charge in [-0.2, -0.15) is 5.26 Å². The molecule has 16 heavy (non-hydrogen) atoms. The van der Waals surface area contributed by atoms with Crippen LogP contribution >= 0.6 is 0 Å². The van der Waals surface area contributed by atoms with Crippen LogP contribution in [0.5, 0.6) is 0 Å². The second-order valence-corrected chi connectivity index (χ2v) is 4.70. The van der Waals surface area contributed by atoms with Crippen LogP contribution < -0.4 is 0 Å². The lowest BCUT2D eigenvalue weighted by Crippen LogP contribution is -2.34. The molecule has 0 N–H and O–H groups in total. The Hall–Kier alpha value is -0.810. The Morgan fingerprint density at radius 1 is 1.25 bits per heavy atom. The molecule has 1 rings (SSSR count). The van der Waals surface area contributed by atoms with Crippen LogP contribution in [0.25, 0.3) is 0 Å². The molecule has 2 nitrogen and oxygen atoms in total. The fourth-order valence-corrected chi connectivity index (χ4v) is 2.53. The molecule has 1 aliphatic carbocycles. The van der Waals surface area contributed by atoms with E-state index in [2.05, 4.69) is 17.5 Å². The molecule has 0 heterocycles. The number of unbranched alkanes of at least 4 members (excludes halogenated alkanes) is 3. The Kier molecular flexibility index (Phi) is 6.92. The maximum absolute atomic E-state index is 8.83. The van der Waals surface area contributed by atoms with E-state index in [1.807, 2.05) is 6.08 Å². The van der Waals surface area contributed by atoms with Gasteiger partial charge in [0, 0.05) is 6.04 Å². The third-order valence-electron chi connectivity index (χ3n) is 3.47. The van der Waals surface area contributed by atoms with E-state index in [9.17, 15) is 0 Å². The summed E-state index contributed by atoms with van der Waals surface area (Å²) in [5.41, 5.74) is 0. The van der Waals surface area contributed by atoms with E-state index in [0.29, 0.717) is 12.6 Å². The molecule has 0 aliphatic heterocycles. The highest BCUT2D eigenvalue weighted by Gasteiger charge is 2.21. The van der Waals surface area contributed by atoms with Gasteiger partial charge in [0.1, 0.15) is 0 Å². The van der Waals surface area contributed by atoms with Crippen molar-refractivity contribution in [1.82, 2.24) is 4.90 Å². The summed E-state index contributed by atoms with van der Waals surface area (Å²) in [6.07, 6.45) is 12.2. The summed E-state index contributed by atoms with van der Waals surface area (Å²) in [4.78, 5) is 2.39. The van der Waals surface area contributed by atoms with Crippen LogP contribution in [-0.2, 0) is 0 Å². The standard InChI is InChI=1S/C14H24N2/c1-2-3-4-5-8-12-16(13-11-15)14-9-6-7-10-14/h2,14H,1,3-10,12-13H2. The van der Waals surface area contributed by atoms with Crippen molar-refractivity contribution in [2.45, 2.75) is 57.4 Å². The third-order valence-corrected chi connectivity index (χ3v) is 3.47. The predicted octanol–water partition coefficient (Wildman–Crippen LogP) is 3.50. The first kappa shape index (κ1) is 13.3. The fraction of sp³-hybridized carbons (Fsp3) is 0.786. The second kappa shape index (κ2) is 8.35. The van der Waals surface area contributed by atoms with E-state index in [0.717, 1.165) is 13.0 Å². The average molecular weight is 220 g/mol. The largest absolute Gasteiger partial charge is 0.288 e. The van der Waals surface area contributed by atoms with Gasteiger partial charge in [-0.05, 0) is 38.6 Å². The highest BCUT2D eigenvalue weighted by molar-refractivity contribution is 4.84. The van der Waals surface area contributed by atoms with Crippen LogP contribution in [0.2, 0.25) is 0 Å². The Balaban J connectivity index is 2.17. The highest BCUT2D eigenvalue weighted by atomic mass is 15.1. The zero-order valence-corrected chi connectivity index (χ0v) is 10.3. The van der Waals surface area contributed by atoms with Gasteiger partial charge in [-0.1, -0.05) is 25.3 Å². The molecule has 1 saturated carbocycles. The molecule has 0 radical (unpaired) electrons. The molecule has 0 bridgehead atoms. The lowest BCUT2D eigenvalue weighted by Gasteiger charge is -2.25. The topological polar surface area (TPSA) is 27.0 Å². The maximum Gasteiger partial charge on any atom is 0.0868 e. The van der Waals surface area contributed by atoms with Crippen LogP contribution in [0.3, 0.4) is 0 Å². The number of allylic oxidation sites excluding steroid dienone is 1.